The summed E-state index contributed by atoms with van der Waals surface area (Å²) in [7, 11) is 0. The van der Waals surface area contributed by atoms with Gasteiger partial charge in [-0.05, 0) is 13.3 Å². The van der Waals surface area contributed by atoms with E-state index in [1.54, 1.807) is 11.8 Å². The number of amides is 1. The molecular formula is C10H19NO3. The lowest BCUT2D eigenvalue weighted by molar-refractivity contribution is -0.139. The molecule has 1 N–H and O–H groups in total. The molecule has 0 aliphatic rings. The standard InChI is InChI=1S/C10H19NO3/c1-4-8(3)11(9(12)5-2)7-6-10(13)14/h8H,4-7H2,1-3H3,(H,13,14). The number of rotatable bonds is 6. The molecule has 0 aliphatic carbocycles. The zero-order chi connectivity index (χ0) is 11.1. The first-order chi connectivity index (χ1) is 6.52. The molecule has 0 spiro atoms. The summed E-state index contributed by atoms with van der Waals surface area (Å²) in [6.45, 7) is 6.03. The van der Waals surface area contributed by atoms with Gasteiger partial charge in [0, 0.05) is 19.0 Å². The van der Waals surface area contributed by atoms with Crippen molar-refractivity contribution in [3.8, 4) is 0 Å². The molecule has 0 heterocycles. The number of aliphatic carboxylic acids is 1. The maximum Gasteiger partial charge on any atom is 0.305 e. The van der Waals surface area contributed by atoms with Gasteiger partial charge in [-0.15, -0.1) is 0 Å². The lowest BCUT2D eigenvalue weighted by Gasteiger charge is -2.27. The van der Waals surface area contributed by atoms with Crippen LogP contribution in [0.4, 0.5) is 0 Å². The van der Waals surface area contributed by atoms with Crippen LogP contribution in [0.1, 0.15) is 40.0 Å². The summed E-state index contributed by atoms with van der Waals surface area (Å²) in [6.07, 6.45) is 1.31. The Morgan fingerprint density at radius 3 is 2.29 bits per heavy atom. The first-order valence-electron chi connectivity index (χ1n) is 5.04. The van der Waals surface area contributed by atoms with Gasteiger partial charge in [-0.2, -0.15) is 0 Å². The van der Waals surface area contributed by atoms with Crippen molar-refractivity contribution in [2.24, 2.45) is 0 Å². The third-order valence-electron chi connectivity index (χ3n) is 2.31. The smallest absolute Gasteiger partial charge is 0.305 e. The van der Waals surface area contributed by atoms with Gasteiger partial charge in [-0.3, -0.25) is 9.59 Å². The zero-order valence-electron chi connectivity index (χ0n) is 9.12. The largest absolute Gasteiger partial charge is 0.481 e. The number of carboxylic acids is 1. The Balaban J connectivity index is 4.24. The average Bonchev–Trinajstić information content (AvgIpc) is 2.16. The molecule has 1 amide bonds. The first kappa shape index (κ1) is 12.9. The minimum Gasteiger partial charge on any atom is -0.481 e. The average molecular weight is 201 g/mol. The Morgan fingerprint density at radius 2 is 1.93 bits per heavy atom. The summed E-state index contributed by atoms with van der Waals surface area (Å²) in [5.41, 5.74) is 0. The van der Waals surface area contributed by atoms with Crippen molar-refractivity contribution < 1.29 is 14.7 Å². The molecule has 0 aliphatic heterocycles. The van der Waals surface area contributed by atoms with Crippen molar-refractivity contribution in [2.75, 3.05) is 6.54 Å². The van der Waals surface area contributed by atoms with E-state index in [1.165, 1.54) is 0 Å². The van der Waals surface area contributed by atoms with Crippen molar-refractivity contribution in [3.63, 3.8) is 0 Å². The van der Waals surface area contributed by atoms with Crippen LogP contribution in [0.3, 0.4) is 0 Å². The van der Waals surface area contributed by atoms with Crippen LogP contribution in [0.5, 0.6) is 0 Å². The number of carbonyl (C=O) groups is 2. The van der Waals surface area contributed by atoms with Crippen LogP contribution in [-0.2, 0) is 9.59 Å². The van der Waals surface area contributed by atoms with Gasteiger partial charge in [-0.25, -0.2) is 0 Å². The molecule has 0 bridgehead atoms. The summed E-state index contributed by atoms with van der Waals surface area (Å²) in [6, 6.07) is 0.127. The minimum absolute atomic E-state index is 0.0239. The first-order valence-corrected chi connectivity index (χ1v) is 5.04. The summed E-state index contributed by atoms with van der Waals surface area (Å²) in [5.74, 6) is -0.831. The van der Waals surface area contributed by atoms with E-state index < -0.39 is 5.97 Å². The van der Waals surface area contributed by atoms with E-state index in [-0.39, 0.29) is 18.4 Å². The molecule has 4 nitrogen and oxygen atoms in total. The second-order valence-electron chi connectivity index (χ2n) is 3.34. The number of hydrogen-bond donors (Lipinski definition) is 1. The van der Waals surface area contributed by atoms with Gasteiger partial charge in [0.25, 0.3) is 0 Å². The lowest BCUT2D eigenvalue weighted by Crippen LogP contribution is -2.39. The number of carbonyl (C=O) groups excluding carboxylic acids is 1. The topological polar surface area (TPSA) is 57.6 Å². The fourth-order valence-corrected chi connectivity index (χ4v) is 1.23. The minimum atomic E-state index is -0.859. The van der Waals surface area contributed by atoms with Crippen molar-refractivity contribution in [1.82, 2.24) is 4.90 Å². The van der Waals surface area contributed by atoms with E-state index in [2.05, 4.69) is 0 Å². The van der Waals surface area contributed by atoms with Crippen LogP contribution in [0.15, 0.2) is 0 Å². The Labute approximate surface area is 84.9 Å². The molecule has 82 valence electrons. The van der Waals surface area contributed by atoms with Crippen molar-refractivity contribution >= 4 is 11.9 Å². The van der Waals surface area contributed by atoms with Crippen LogP contribution < -0.4 is 0 Å². The molecule has 4 heteroatoms. The zero-order valence-corrected chi connectivity index (χ0v) is 9.12. The summed E-state index contributed by atoms with van der Waals surface area (Å²) in [4.78, 5) is 23.5. The second-order valence-corrected chi connectivity index (χ2v) is 3.34. The molecule has 0 fully saturated rings. The van der Waals surface area contributed by atoms with Gasteiger partial charge in [0.2, 0.25) is 5.91 Å². The number of nitrogens with zero attached hydrogens (tertiary/aromatic N) is 1. The lowest BCUT2D eigenvalue weighted by atomic mass is 10.2. The highest BCUT2D eigenvalue weighted by molar-refractivity contribution is 5.77. The van der Waals surface area contributed by atoms with Crippen LogP contribution >= 0.6 is 0 Å². The highest BCUT2D eigenvalue weighted by Gasteiger charge is 2.17. The Hall–Kier alpha value is -1.06. The molecule has 0 radical (unpaired) electrons. The molecule has 0 saturated carbocycles. The molecule has 1 atom stereocenters. The van der Waals surface area contributed by atoms with Gasteiger partial charge in [0.1, 0.15) is 0 Å². The Bertz CT molecular complexity index is 204. The third kappa shape index (κ3) is 4.25. The third-order valence-corrected chi connectivity index (χ3v) is 2.31. The molecular weight excluding hydrogens is 182 g/mol. The van der Waals surface area contributed by atoms with E-state index in [0.717, 1.165) is 6.42 Å². The summed E-state index contributed by atoms with van der Waals surface area (Å²) < 4.78 is 0. The van der Waals surface area contributed by atoms with E-state index in [1.807, 2.05) is 13.8 Å². The van der Waals surface area contributed by atoms with Gasteiger partial charge in [0.15, 0.2) is 0 Å². The SMILES string of the molecule is CCC(=O)N(CCC(=O)O)C(C)CC. The summed E-state index contributed by atoms with van der Waals surface area (Å²) in [5, 5.41) is 8.53. The Morgan fingerprint density at radius 1 is 1.36 bits per heavy atom. The predicted molar refractivity (Wildman–Crippen MR) is 54.0 cm³/mol. The second kappa shape index (κ2) is 6.40. The van der Waals surface area contributed by atoms with Crippen molar-refractivity contribution in [2.45, 2.75) is 46.1 Å². The molecule has 1 unspecified atom stereocenters. The predicted octanol–water partition coefficient (Wildman–Crippen LogP) is 1.50. The van der Waals surface area contributed by atoms with E-state index in [9.17, 15) is 9.59 Å². The molecule has 0 aromatic carbocycles. The normalized spacial score (nSPS) is 12.2. The van der Waals surface area contributed by atoms with Crippen LogP contribution in [0, 0.1) is 0 Å². The fraction of sp³-hybridized carbons (Fsp3) is 0.800. The molecule has 0 saturated heterocycles. The highest BCUT2D eigenvalue weighted by Crippen LogP contribution is 2.06. The van der Waals surface area contributed by atoms with E-state index in [0.29, 0.717) is 13.0 Å². The molecule has 0 rings (SSSR count). The van der Waals surface area contributed by atoms with E-state index >= 15 is 0 Å². The highest BCUT2D eigenvalue weighted by atomic mass is 16.4. The maximum atomic E-state index is 11.5. The van der Waals surface area contributed by atoms with Crippen molar-refractivity contribution in [3.05, 3.63) is 0 Å². The number of carboxylic acid groups (broad SMARTS) is 1. The van der Waals surface area contributed by atoms with Gasteiger partial charge in [-0.1, -0.05) is 13.8 Å². The van der Waals surface area contributed by atoms with Crippen LogP contribution in [-0.4, -0.2) is 34.5 Å². The fourth-order valence-electron chi connectivity index (χ4n) is 1.23. The molecule has 0 aromatic heterocycles. The summed E-state index contributed by atoms with van der Waals surface area (Å²) >= 11 is 0. The molecule has 0 aromatic rings. The maximum absolute atomic E-state index is 11.5. The molecule has 14 heavy (non-hydrogen) atoms. The van der Waals surface area contributed by atoms with Crippen LogP contribution in [0.2, 0.25) is 0 Å². The van der Waals surface area contributed by atoms with Gasteiger partial charge < -0.3 is 10.0 Å². The quantitative estimate of drug-likeness (QED) is 0.708. The van der Waals surface area contributed by atoms with E-state index in [4.69, 9.17) is 5.11 Å². The van der Waals surface area contributed by atoms with Gasteiger partial charge in [0.05, 0.1) is 6.42 Å². The number of hydrogen-bond acceptors (Lipinski definition) is 2. The monoisotopic (exact) mass is 201 g/mol. The van der Waals surface area contributed by atoms with Gasteiger partial charge >= 0.3 is 5.97 Å². The Kier molecular flexibility index (Phi) is 5.92. The van der Waals surface area contributed by atoms with Crippen molar-refractivity contribution in [1.29, 1.82) is 0 Å². The van der Waals surface area contributed by atoms with Crippen LogP contribution in [0.25, 0.3) is 0 Å².